The summed E-state index contributed by atoms with van der Waals surface area (Å²) in [7, 11) is 0. The summed E-state index contributed by atoms with van der Waals surface area (Å²) >= 11 is 1.78. The fourth-order valence-corrected chi connectivity index (χ4v) is 3.07. The lowest BCUT2D eigenvalue weighted by Gasteiger charge is -2.26. The summed E-state index contributed by atoms with van der Waals surface area (Å²) in [5.74, 6) is 1.21. The zero-order chi connectivity index (χ0) is 14.4. The molecule has 0 unspecified atom stereocenters. The van der Waals surface area contributed by atoms with E-state index in [9.17, 15) is 4.79 Å². The van der Waals surface area contributed by atoms with Crippen molar-refractivity contribution in [3.05, 3.63) is 23.8 Å². The number of aryl methyl sites for hydroxylation is 1. The number of hydrogen-bond donors (Lipinski definition) is 1. The van der Waals surface area contributed by atoms with Gasteiger partial charge in [0.1, 0.15) is 0 Å². The number of rotatable bonds is 5. The van der Waals surface area contributed by atoms with Crippen LogP contribution in [0.15, 0.2) is 23.1 Å². The molecule has 1 aromatic carbocycles. The summed E-state index contributed by atoms with van der Waals surface area (Å²) in [6.45, 7) is 4.84. The van der Waals surface area contributed by atoms with Gasteiger partial charge < -0.3 is 15.4 Å². The zero-order valence-electron chi connectivity index (χ0n) is 11.9. The van der Waals surface area contributed by atoms with Crippen LogP contribution >= 0.6 is 11.8 Å². The second kappa shape index (κ2) is 7.55. The van der Waals surface area contributed by atoms with Gasteiger partial charge in [-0.15, -0.1) is 11.8 Å². The summed E-state index contributed by atoms with van der Waals surface area (Å²) < 4.78 is 5.25. The first kappa shape index (κ1) is 15.2. The second-order valence-corrected chi connectivity index (χ2v) is 6.13. The minimum Gasteiger partial charge on any atom is -0.399 e. The smallest absolute Gasteiger partial charge is 0.222 e. The molecule has 4 nitrogen and oxygen atoms in total. The van der Waals surface area contributed by atoms with Gasteiger partial charge in [-0.25, -0.2) is 0 Å². The fraction of sp³-hybridized carbons (Fsp3) is 0.533. The molecular formula is C15H22N2O2S. The number of hydrogen-bond acceptors (Lipinski definition) is 4. The van der Waals surface area contributed by atoms with Gasteiger partial charge in [0.2, 0.25) is 5.91 Å². The lowest BCUT2D eigenvalue weighted by molar-refractivity contribution is -0.135. The van der Waals surface area contributed by atoms with Gasteiger partial charge >= 0.3 is 0 Å². The number of nitrogen functional groups attached to an aromatic ring is 1. The quantitative estimate of drug-likeness (QED) is 0.514. The summed E-state index contributed by atoms with van der Waals surface area (Å²) in [6, 6.07) is 6.08. The number of carbonyl (C=O) groups excluding carboxylic acids is 1. The van der Waals surface area contributed by atoms with Crippen molar-refractivity contribution in [1.82, 2.24) is 4.90 Å². The Kier molecular flexibility index (Phi) is 5.73. The Labute approximate surface area is 124 Å². The number of morpholine rings is 1. The number of nitrogens with two attached hydrogens (primary N) is 1. The Morgan fingerprint density at radius 2 is 2.15 bits per heavy atom. The van der Waals surface area contributed by atoms with Crippen molar-refractivity contribution in [3.63, 3.8) is 0 Å². The molecule has 1 fully saturated rings. The van der Waals surface area contributed by atoms with Crippen molar-refractivity contribution in [1.29, 1.82) is 0 Å². The Balaban J connectivity index is 1.68. The van der Waals surface area contributed by atoms with Crippen molar-refractivity contribution in [2.45, 2.75) is 24.7 Å². The molecule has 1 aromatic rings. The molecule has 5 heteroatoms. The lowest BCUT2D eigenvalue weighted by atomic mass is 10.2. The molecule has 0 atom stereocenters. The van der Waals surface area contributed by atoms with Crippen LogP contribution in [0.5, 0.6) is 0 Å². The van der Waals surface area contributed by atoms with Crippen LogP contribution in [-0.4, -0.2) is 42.9 Å². The first-order chi connectivity index (χ1) is 9.66. The average Bonchev–Trinajstić information content (AvgIpc) is 2.48. The number of amides is 1. The molecule has 0 saturated carbocycles. The van der Waals surface area contributed by atoms with Gasteiger partial charge in [-0.2, -0.15) is 0 Å². The highest BCUT2D eigenvalue weighted by Crippen LogP contribution is 2.23. The molecule has 2 rings (SSSR count). The number of ether oxygens (including phenoxy) is 1. The van der Waals surface area contributed by atoms with Gasteiger partial charge in [0, 0.05) is 30.1 Å². The van der Waals surface area contributed by atoms with Gasteiger partial charge in [0.25, 0.3) is 0 Å². The van der Waals surface area contributed by atoms with Crippen LogP contribution in [0.2, 0.25) is 0 Å². The van der Waals surface area contributed by atoms with Gasteiger partial charge in [0.15, 0.2) is 0 Å². The maximum Gasteiger partial charge on any atom is 0.222 e. The van der Waals surface area contributed by atoms with Crippen molar-refractivity contribution in [2.24, 2.45) is 0 Å². The van der Waals surface area contributed by atoms with E-state index >= 15 is 0 Å². The Morgan fingerprint density at radius 1 is 1.40 bits per heavy atom. The molecule has 0 spiro atoms. The second-order valence-electron chi connectivity index (χ2n) is 4.96. The normalized spacial score (nSPS) is 15.3. The minimum atomic E-state index is 0.252. The van der Waals surface area contributed by atoms with E-state index in [1.807, 2.05) is 24.0 Å². The lowest BCUT2D eigenvalue weighted by Crippen LogP contribution is -2.40. The monoisotopic (exact) mass is 294 g/mol. The Bertz CT molecular complexity index is 459. The summed E-state index contributed by atoms with van der Waals surface area (Å²) in [5.41, 5.74) is 7.74. The molecule has 1 aliphatic rings. The van der Waals surface area contributed by atoms with Crippen LogP contribution < -0.4 is 5.73 Å². The molecule has 0 aromatic heterocycles. The third kappa shape index (κ3) is 4.42. The molecule has 0 aliphatic carbocycles. The largest absolute Gasteiger partial charge is 0.399 e. The minimum absolute atomic E-state index is 0.252. The summed E-state index contributed by atoms with van der Waals surface area (Å²) in [6.07, 6.45) is 1.53. The van der Waals surface area contributed by atoms with Crippen molar-refractivity contribution in [2.75, 3.05) is 37.8 Å². The van der Waals surface area contributed by atoms with E-state index in [1.165, 1.54) is 4.90 Å². The molecule has 1 amide bonds. The van der Waals surface area contributed by atoms with E-state index < -0.39 is 0 Å². The third-order valence-electron chi connectivity index (χ3n) is 3.41. The van der Waals surface area contributed by atoms with E-state index in [0.29, 0.717) is 19.6 Å². The van der Waals surface area contributed by atoms with Crippen LogP contribution in [0.4, 0.5) is 5.69 Å². The van der Waals surface area contributed by atoms with Crippen molar-refractivity contribution < 1.29 is 9.53 Å². The summed E-state index contributed by atoms with van der Waals surface area (Å²) in [5, 5.41) is 0. The van der Waals surface area contributed by atoms with E-state index in [4.69, 9.17) is 10.5 Å². The maximum absolute atomic E-state index is 12.0. The van der Waals surface area contributed by atoms with Gasteiger partial charge in [0.05, 0.1) is 13.2 Å². The molecule has 1 saturated heterocycles. The highest BCUT2D eigenvalue weighted by atomic mass is 32.2. The van der Waals surface area contributed by atoms with Crippen molar-refractivity contribution >= 4 is 23.4 Å². The van der Waals surface area contributed by atoms with E-state index in [0.717, 1.165) is 36.5 Å². The number of anilines is 1. The van der Waals surface area contributed by atoms with Crippen LogP contribution in [0, 0.1) is 6.92 Å². The van der Waals surface area contributed by atoms with Crippen LogP contribution in [0.1, 0.15) is 18.4 Å². The molecule has 1 heterocycles. The molecule has 2 N–H and O–H groups in total. The zero-order valence-corrected chi connectivity index (χ0v) is 12.7. The Hall–Kier alpha value is -1.20. The molecule has 20 heavy (non-hydrogen) atoms. The van der Waals surface area contributed by atoms with Gasteiger partial charge in [-0.3, -0.25) is 4.79 Å². The van der Waals surface area contributed by atoms with Gasteiger partial charge in [-0.05, 0) is 42.9 Å². The summed E-state index contributed by atoms with van der Waals surface area (Å²) in [4.78, 5) is 15.1. The van der Waals surface area contributed by atoms with E-state index in [-0.39, 0.29) is 5.91 Å². The van der Waals surface area contributed by atoms with Crippen LogP contribution in [-0.2, 0) is 9.53 Å². The maximum atomic E-state index is 12.0. The molecule has 1 aliphatic heterocycles. The number of carbonyl (C=O) groups is 1. The first-order valence-electron chi connectivity index (χ1n) is 7.01. The van der Waals surface area contributed by atoms with Gasteiger partial charge in [-0.1, -0.05) is 0 Å². The fourth-order valence-electron chi connectivity index (χ4n) is 2.12. The first-order valence-corrected chi connectivity index (χ1v) is 8.00. The molecular weight excluding hydrogens is 272 g/mol. The predicted octanol–water partition coefficient (Wildman–Crippen LogP) is 2.31. The average molecular weight is 294 g/mol. The van der Waals surface area contributed by atoms with E-state index in [2.05, 4.69) is 6.07 Å². The number of benzene rings is 1. The third-order valence-corrected chi connectivity index (χ3v) is 4.49. The number of thioether (sulfide) groups is 1. The molecule has 110 valence electrons. The topological polar surface area (TPSA) is 55.6 Å². The van der Waals surface area contributed by atoms with Crippen LogP contribution in [0.3, 0.4) is 0 Å². The Morgan fingerprint density at radius 3 is 2.85 bits per heavy atom. The highest BCUT2D eigenvalue weighted by molar-refractivity contribution is 7.99. The SMILES string of the molecule is Cc1cc(SCCCC(=O)N2CCOCC2)ccc1N. The van der Waals surface area contributed by atoms with Crippen molar-refractivity contribution in [3.8, 4) is 0 Å². The highest BCUT2D eigenvalue weighted by Gasteiger charge is 2.15. The molecule has 0 bridgehead atoms. The molecule has 0 radical (unpaired) electrons. The standard InChI is InChI=1S/C15H22N2O2S/c1-12-11-13(4-5-14(12)16)20-10-2-3-15(18)17-6-8-19-9-7-17/h4-5,11H,2-3,6-10,16H2,1H3. The van der Waals surface area contributed by atoms with E-state index in [1.54, 1.807) is 11.8 Å². The predicted molar refractivity (Wildman–Crippen MR) is 82.9 cm³/mol. The number of nitrogens with zero attached hydrogens (tertiary/aromatic N) is 1. The van der Waals surface area contributed by atoms with Crippen LogP contribution in [0.25, 0.3) is 0 Å².